The van der Waals surface area contributed by atoms with Gasteiger partial charge in [-0.1, -0.05) is 6.07 Å². The van der Waals surface area contributed by atoms with Crippen molar-refractivity contribution in [1.29, 1.82) is 0 Å². The van der Waals surface area contributed by atoms with E-state index >= 15 is 0 Å². The summed E-state index contributed by atoms with van der Waals surface area (Å²) in [6.45, 7) is -0.625. The Bertz CT molecular complexity index is 615. The lowest BCUT2D eigenvalue weighted by atomic mass is 9.99. The zero-order valence-corrected chi connectivity index (χ0v) is 12.4. The van der Waals surface area contributed by atoms with Gasteiger partial charge in [0.2, 0.25) is 0 Å². The van der Waals surface area contributed by atoms with Crippen LogP contribution in [0, 0.1) is 0 Å². The van der Waals surface area contributed by atoms with Crippen LogP contribution in [0.1, 0.15) is 5.56 Å². The predicted molar refractivity (Wildman–Crippen MR) is 78.7 cm³/mol. The van der Waals surface area contributed by atoms with Gasteiger partial charge >= 0.3 is 5.97 Å². The minimum atomic E-state index is -1.71. The van der Waals surface area contributed by atoms with Crippen LogP contribution in [-0.2, 0) is 14.3 Å². The number of phenols is 2. The SMILES string of the molecule is O=C(/C=C/c1ccc(O)c(O)c1)O[C@H]1[C@H](O)[C@@H](O)[C@H](CO)O[C@@H]1O. The maximum Gasteiger partial charge on any atom is 0.331 e. The molecule has 0 aliphatic carbocycles. The number of carbonyl (C=O) groups is 1. The molecule has 1 aromatic rings. The van der Waals surface area contributed by atoms with E-state index in [4.69, 9.17) is 14.6 Å². The smallest absolute Gasteiger partial charge is 0.331 e. The molecule has 0 aromatic heterocycles. The van der Waals surface area contributed by atoms with E-state index in [1.165, 1.54) is 24.3 Å². The van der Waals surface area contributed by atoms with Gasteiger partial charge < -0.3 is 40.1 Å². The standard InChI is InChI=1S/C15H18O9/c16-6-10-12(20)13(21)14(15(22)23-10)24-11(19)4-2-7-1-3-8(17)9(18)5-7/h1-5,10,12-18,20-22H,6H2/b4-2+/t10-,12-,13+,14-,15-/m0/s1. The fourth-order valence-electron chi connectivity index (χ4n) is 2.18. The number of esters is 1. The van der Waals surface area contributed by atoms with Crippen molar-refractivity contribution in [2.24, 2.45) is 0 Å². The summed E-state index contributed by atoms with van der Waals surface area (Å²) in [5, 5.41) is 56.7. The molecule has 9 nitrogen and oxygen atoms in total. The van der Waals surface area contributed by atoms with Crippen molar-refractivity contribution in [1.82, 2.24) is 0 Å². The topological polar surface area (TPSA) is 157 Å². The molecule has 24 heavy (non-hydrogen) atoms. The van der Waals surface area contributed by atoms with E-state index in [1.54, 1.807) is 0 Å². The molecule has 9 heteroatoms. The van der Waals surface area contributed by atoms with E-state index < -0.39 is 43.3 Å². The minimum absolute atomic E-state index is 0.312. The summed E-state index contributed by atoms with van der Waals surface area (Å²) < 4.78 is 9.71. The van der Waals surface area contributed by atoms with Crippen LogP contribution in [0.25, 0.3) is 6.08 Å². The molecule has 0 saturated carbocycles. The van der Waals surface area contributed by atoms with Gasteiger partial charge in [-0.2, -0.15) is 0 Å². The highest BCUT2D eigenvalue weighted by molar-refractivity contribution is 5.87. The molecule has 0 amide bonds. The first-order valence-corrected chi connectivity index (χ1v) is 7.04. The maximum absolute atomic E-state index is 11.8. The molecule has 0 unspecified atom stereocenters. The van der Waals surface area contributed by atoms with Crippen molar-refractivity contribution in [3.05, 3.63) is 29.8 Å². The fraction of sp³-hybridized carbons (Fsp3) is 0.400. The molecular formula is C15H18O9. The Morgan fingerprint density at radius 2 is 1.88 bits per heavy atom. The van der Waals surface area contributed by atoms with Gasteiger partial charge in [-0.05, 0) is 23.8 Å². The Balaban J connectivity index is 2.00. The third-order valence-corrected chi connectivity index (χ3v) is 3.51. The minimum Gasteiger partial charge on any atom is -0.504 e. The van der Waals surface area contributed by atoms with Gasteiger partial charge in [0.1, 0.15) is 18.3 Å². The molecule has 0 spiro atoms. The van der Waals surface area contributed by atoms with Crippen LogP contribution in [0.15, 0.2) is 24.3 Å². The zero-order chi connectivity index (χ0) is 17.9. The van der Waals surface area contributed by atoms with Gasteiger partial charge in [0.05, 0.1) is 6.61 Å². The number of phenolic OH excluding ortho intramolecular Hbond substituents is 2. The molecule has 6 N–H and O–H groups in total. The van der Waals surface area contributed by atoms with Crippen molar-refractivity contribution in [3.63, 3.8) is 0 Å². The Hall–Kier alpha value is -2.17. The monoisotopic (exact) mass is 342 g/mol. The van der Waals surface area contributed by atoms with Gasteiger partial charge in [0.15, 0.2) is 23.9 Å². The Labute approximate surface area is 136 Å². The summed E-state index contributed by atoms with van der Waals surface area (Å²) in [7, 11) is 0. The second-order valence-electron chi connectivity index (χ2n) is 5.21. The van der Waals surface area contributed by atoms with Crippen molar-refractivity contribution < 1.29 is 44.9 Å². The van der Waals surface area contributed by atoms with E-state index in [1.807, 2.05) is 0 Å². The van der Waals surface area contributed by atoms with E-state index in [-0.39, 0.29) is 11.5 Å². The average Bonchev–Trinajstić information content (AvgIpc) is 2.56. The van der Waals surface area contributed by atoms with Gasteiger partial charge in [-0.3, -0.25) is 0 Å². The van der Waals surface area contributed by atoms with Crippen molar-refractivity contribution >= 4 is 12.0 Å². The van der Waals surface area contributed by atoms with Crippen LogP contribution in [0.2, 0.25) is 0 Å². The molecule has 2 rings (SSSR count). The molecule has 1 aliphatic heterocycles. The van der Waals surface area contributed by atoms with E-state index in [0.29, 0.717) is 5.56 Å². The molecule has 5 atom stereocenters. The number of aromatic hydroxyl groups is 2. The third-order valence-electron chi connectivity index (χ3n) is 3.51. The van der Waals surface area contributed by atoms with Gasteiger partial charge in [-0.15, -0.1) is 0 Å². The van der Waals surface area contributed by atoms with Gasteiger partial charge in [-0.25, -0.2) is 4.79 Å². The molecule has 1 fully saturated rings. The summed E-state index contributed by atoms with van der Waals surface area (Å²) in [5.74, 6) is -1.62. The van der Waals surface area contributed by atoms with Crippen molar-refractivity contribution in [2.45, 2.75) is 30.7 Å². The largest absolute Gasteiger partial charge is 0.504 e. The second-order valence-corrected chi connectivity index (χ2v) is 5.21. The molecular weight excluding hydrogens is 324 g/mol. The lowest BCUT2D eigenvalue weighted by molar-refractivity contribution is -0.289. The average molecular weight is 342 g/mol. The Morgan fingerprint density at radius 3 is 2.50 bits per heavy atom. The van der Waals surface area contributed by atoms with E-state index in [0.717, 1.165) is 6.08 Å². The highest BCUT2D eigenvalue weighted by atomic mass is 16.7. The molecule has 1 heterocycles. The summed E-state index contributed by atoms with van der Waals surface area (Å²) in [4.78, 5) is 11.8. The molecule has 1 saturated heterocycles. The first kappa shape index (κ1) is 18.2. The second kappa shape index (κ2) is 7.60. The highest BCUT2D eigenvalue weighted by Crippen LogP contribution is 2.26. The number of hydrogen-bond acceptors (Lipinski definition) is 9. The quantitative estimate of drug-likeness (QED) is 0.217. The number of benzene rings is 1. The van der Waals surface area contributed by atoms with E-state index in [2.05, 4.69) is 0 Å². The lowest BCUT2D eigenvalue weighted by Gasteiger charge is -2.39. The van der Waals surface area contributed by atoms with Crippen molar-refractivity contribution in [3.8, 4) is 11.5 Å². The number of rotatable bonds is 4. The molecule has 132 valence electrons. The van der Waals surface area contributed by atoms with Crippen LogP contribution in [0.3, 0.4) is 0 Å². The Kier molecular flexibility index (Phi) is 5.75. The third kappa shape index (κ3) is 4.02. The first-order chi connectivity index (χ1) is 11.3. The van der Waals surface area contributed by atoms with Crippen molar-refractivity contribution in [2.75, 3.05) is 6.61 Å². The summed E-state index contributed by atoms with van der Waals surface area (Å²) in [5.41, 5.74) is 0.392. The Morgan fingerprint density at radius 1 is 1.17 bits per heavy atom. The number of carbonyl (C=O) groups excluding carboxylic acids is 1. The number of hydrogen-bond donors (Lipinski definition) is 6. The maximum atomic E-state index is 11.8. The normalized spacial score (nSPS) is 30.4. The predicted octanol–water partition coefficient (Wildman–Crippen LogP) is -1.55. The summed E-state index contributed by atoms with van der Waals surface area (Å²) in [6, 6.07) is 3.87. The summed E-state index contributed by atoms with van der Waals surface area (Å²) in [6.07, 6.45) is -5.37. The van der Waals surface area contributed by atoms with E-state index in [9.17, 15) is 30.3 Å². The molecule has 0 bridgehead atoms. The molecule has 1 aromatic carbocycles. The van der Waals surface area contributed by atoms with Crippen LogP contribution in [-0.4, -0.2) is 73.9 Å². The zero-order valence-electron chi connectivity index (χ0n) is 12.4. The van der Waals surface area contributed by atoms with Crippen LogP contribution >= 0.6 is 0 Å². The van der Waals surface area contributed by atoms with Crippen LogP contribution < -0.4 is 0 Å². The fourth-order valence-corrected chi connectivity index (χ4v) is 2.18. The number of aliphatic hydroxyl groups excluding tert-OH is 4. The van der Waals surface area contributed by atoms with Crippen LogP contribution in [0.5, 0.6) is 11.5 Å². The molecule has 0 radical (unpaired) electrons. The van der Waals surface area contributed by atoms with Gasteiger partial charge in [0.25, 0.3) is 0 Å². The number of ether oxygens (including phenoxy) is 2. The highest BCUT2D eigenvalue weighted by Gasteiger charge is 2.45. The van der Waals surface area contributed by atoms with Gasteiger partial charge in [0, 0.05) is 6.08 Å². The lowest BCUT2D eigenvalue weighted by Crippen LogP contribution is -2.59. The summed E-state index contributed by atoms with van der Waals surface area (Å²) >= 11 is 0. The first-order valence-electron chi connectivity index (χ1n) is 7.04. The molecule has 1 aliphatic rings. The number of aliphatic hydroxyl groups is 4. The van der Waals surface area contributed by atoms with Crippen LogP contribution in [0.4, 0.5) is 0 Å².